The van der Waals surface area contributed by atoms with E-state index in [1.807, 2.05) is 13.8 Å². The average Bonchev–Trinajstić information content (AvgIpc) is 2.26. The normalized spacial score (nSPS) is 12.2. The highest BCUT2D eigenvalue weighted by Crippen LogP contribution is 2.29. The molecule has 19 heavy (non-hydrogen) atoms. The van der Waals surface area contributed by atoms with Crippen molar-refractivity contribution in [3.05, 3.63) is 33.9 Å². The van der Waals surface area contributed by atoms with Crippen LogP contribution in [0, 0.1) is 23.0 Å². The molecule has 6 heteroatoms. The van der Waals surface area contributed by atoms with E-state index in [0.29, 0.717) is 12.0 Å². The molecular formula is C13H18N2O4. The minimum absolute atomic E-state index is 0.0718. The molecule has 0 aromatic heterocycles. The van der Waals surface area contributed by atoms with Crippen molar-refractivity contribution in [2.45, 2.75) is 33.2 Å². The Morgan fingerprint density at radius 2 is 2.11 bits per heavy atom. The van der Waals surface area contributed by atoms with Gasteiger partial charge in [-0.2, -0.15) is 0 Å². The van der Waals surface area contributed by atoms with Gasteiger partial charge in [-0.25, -0.2) is 4.79 Å². The first-order chi connectivity index (χ1) is 8.82. The Labute approximate surface area is 111 Å². The number of aryl methyl sites for hydroxylation is 1. The molecule has 2 N–H and O–H groups in total. The predicted molar refractivity (Wildman–Crippen MR) is 72.3 cm³/mol. The van der Waals surface area contributed by atoms with Crippen LogP contribution in [0.4, 0.5) is 11.4 Å². The summed E-state index contributed by atoms with van der Waals surface area (Å²) in [4.78, 5) is 21.7. The van der Waals surface area contributed by atoms with E-state index in [1.54, 1.807) is 19.1 Å². The maximum absolute atomic E-state index is 11.2. The van der Waals surface area contributed by atoms with Crippen LogP contribution in [0.1, 0.15) is 25.8 Å². The molecule has 0 aliphatic heterocycles. The average molecular weight is 266 g/mol. The number of carboxylic acid groups (broad SMARTS) is 1. The molecule has 1 atom stereocenters. The van der Waals surface area contributed by atoms with E-state index < -0.39 is 16.9 Å². The number of nitro groups is 1. The van der Waals surface area contributed by atoms with E-state index >= 15 is 0 Å². The van der Waals surface area contributed by atoms with Crippen LogP contribution in [0.5, 0.6) is 0 Å². The second-order valence-electron chi connectivity index (χ2n) is 4.89. The lowest BCUT2D eigenvalue weighted by atomic mass is 10.0. The van der Waals surface area contributed by atoms with E-state index in [-0.39, 0.29) is 17.3 Å². The molecule has 1 aromatic carbocycles. The van der Waals surface area contributed by atoms with E-state index in [4.69, 9.17) is 5.11 Å². The van der Waals surface area contributed by atoms with Gasteiger partial charge in [0.1, 0.15) is 11.7 Å². The Balaban J connectivity index is 3.06. The number of hydrogen-bond acceptors (Lipinski definition) is 4. The first kappa shape index (κ1) is 14.9. The highest BCUT2D eigenvalue weighted by Gasteiger charge is 2.23. The van der Waals surface area contributed by atoms with Gasteiger partial charge in [0.05, 0.1) is 4.92 Å². The van der Waals surface area contributed by atoms with Crippen LogP contribution in [0.2, 0.25) is 0 Å². The highest BCUT2D eigenvalue weighted by atomic mass is 16.6. The lowest BCUT2D eigenvalue weighted by molar-refractivity contribution is -0.384. The molecule has 0 amide bonds. The molecule has 0 aliphatic rings. The molecule has 1 rings (SSSR count). The predicted octanol–water partition coefficient (Wildman–Crippen LogP) is 2.81. The highest BCUT2D eigenvalue weighted by molar-refractivity contribution is 5.79. The van der Waals surface area contributed by atoms with Gasteiger partial charge in [-0.1, -0.05) is 26.0 Å². The number of nitro benzene ring substituents is 1. The molecule has 0 heterocycles. The van der Waals surface area contributed by atoms with Crippen molar-refractivity contribution < 1.29 is 14.8 Å². The van der Waals surface area contributed by atoms with Crippen LogP contribution in [0.25, 0.3) is 0 Å². The number of nitrogens with one attached hydrogen (secondary N) is 1. The monoisotopic (exact) mass is 266 g/mol. The van der Waals surface area contributed by atoms with Crippen LogP contribution in [0.15, 0.2) is 18.2 Å². The fourth-order valence-electron chi connectivity index (χ4n) is 1.90. The number of carboxylic acids is 1. The Morgan fingerprint density at radius 3 is 2.58 bits per heavy atom. The summed E-state index contributed by atoms with van der Waals surface area (Å²) in [6, 6.07) is 3.99. The molecule has 104 valence electrons. The number of nitrogens with zero attached hydrogens (tertiary/aromatic N) is 1. The molecule has 1 unspecified atom stereocenters. The summed E-state index contributed by atoms with van der Waals surface area (Å²) in [5, 5.41) is 22.9. The number of carbonyl (C=O) groups is 1. The zero-order valence-corrected chi connectivity index (χ0v) is 11.2. The molecule has 0 fully saturated rings. The lowest BCUT2D eigenvalue weighted by Crippen LogP contribution is -2.31. The Bertz CT molecular complexity index is 486. The van der Waals surface area contributed by atoms with Crippen LogP contribution in [-0.4, -0.2) is 22.0 Å². The van der Waals surface area contributed by atoms with Crippen molar-refractivity contribution in [1.29, 1.82) is 0 Å². The molecule has 0 bridgehead atoms. The molecular weight excluding hydrogens is 248 g/mol. The second kappa shape index (κ2) is 6.17. The van der Waals surface area contributed by atoms with Crippen molar-refractivity contribution in [2.75, 3.05) is 5.32 Å². The van der Waals surface area contributed by atoms with Gasteiger partial charge in [0.2, 0.25) is 0 Å². The zero-order valence-electron chi connectivity index (χ0n) is 11.2. The van der Waals surface area contributed by atoms with Crippen LogP contribution < -0.4 is 5.32 Å². The summed E-state index contributed by atoms with van der Waals surface area (Å²) in [5.74, 6) is -0.832. The van der Waals surface area contributed by atoms with Crippen LogP contribution >= 0.6 is 0 Å². The fraction of sp³-hybridized carbons (Fsp3) is 0.462. The number of aliphatic carboxylic acids is 1. The van der Waals surface area contributed by atoms with Crippen molar-refractivity contribution in [1.82, 2.24) is 0 Å². The molecule has 0 spiro atoms. The third-order valence-electron chi connectivity index (χ3n) is 2.76. The first-order valence-corrected chi connectivity index (χ1v) is 6.06. The van der Waals surface area contributed by atoms with Crippen molar-refractivity contribution in [3.63, 3.8) is 0 Å². The Hall–Kier alpha value is -2.11. The van der Waals surface area contributed by atoms with Gasteiger partial charge in [-0.05, 0) is 25.3 Å². The Kier molecular flexibility index (Phi) is 4.86. The molecule has 0 saturated heterocycles. The number of hydrogen-bond donors (Lipinski definition) is 2. The minimum atomic E-state index is -1.01. The maximum Gasteiger partial charge on any atom is 0.326 e. The summed E-state index contributed by atoms with van der Waals surface area (Å²) >= 11 is 0. The maximum atomic E-state index is 11.2. The standard InChI is InChI=1S/C13H18N2O4/c1-8(2)7-11(13(16)17)14-10-6-4-5-9(3)12(10)15(18)19/h4-6,8,11,14H,7H2,1-3H3,(H,16,17). The summed E-state index contributed by atoms with van der Waals surface area (Å²) in [5.41, 5.74) is 0.680. The molecule has 0 radical (unpaired) electrons. The van der Waals surface area contributed by atoms with E-state index in [2.05, 4.69) is 5.32 Å². The van der Waals surface area contributed by atoms with E-state index in [9.17, 15) is 14.9 Å². The van der Waals surface area contributed by atoms with E-state index in [0.717, 1.165) is 0 Å². The van der Waals surface area contributed by atoms with Gasteiger partial charge in [0.15, 0.2) is 0 Å². The minimum Gasteiger partial charge on any atom is -0.480 e. The molecule has 0 saturated carbocycles. The first-order valence-electron chi connectivity index (χ1n) is 6.06. The van der Waals surface area contributed by atoms with Gasteiger partial charge in [-0.3, -0.25) is 10.1 Å². The topological polar surface area (TPSA) is 92.5 Å². The molecule has 1 aromatic rings. The van der Waals surface area contributed by atoms with Gasteiger partial charge < -0.3 is 10.4 Å². The zero-order chi connectivity index (χ0) is 14.6. The van der Waals surface area contributed by atoms with Gasteiger partial charge >= 0.3 is 5.97 Å². The summed E-state index contributed by atoms with van der Waals surface area (Å²) < 4.78 is 0. The van der Waals surface area contributed by atoms with Crippen LogP contribution in [0.3, 0.4) is 0 Å². The van der Waals surface area contributed by atoms with Crippen LogP contribution in [-0.2, 0) is 4.79 Å². The quantitative estimate of drug-likeness (QED) is 0.610. The molecule has 0 aliphatic carbocycles. The lowest BCUT2D eigenvalue weighted by Gasteiger charge is -2.18. The largest absolute Gasteiger partial charge is 0.480 e. The van der Waals surface area contributed by atoms with Crippen molar-refractivity contribution >= 4 is 17.3 Å². The fourth-order valence-corrected chi connectivity index (χ4v) is 1.90. The van der Waals surface area contributed by atoms with Gasteiger partial charge in [-0.15, -0.1) is 0 Å². The van der Waals surface area contributed by atoms with Crippen molar-refractivity contribution in [3.8, 4) is 0 Å². The summed E-state index contributed by atoms with van der Waals surface area (Å²) in [6.45, 7) is 5.44. The number of anilines is 1. The number of benzene rings is 1. The summed E-state index contributed by atoms with van der Waals surface area (Å²) in [6.07, 6.45) is 0.403. The van der Waals surface area contributed by atoms with Crippen molar-refractivity contribution in [2.24, 2.45) is 5.92 Å². The van der Waals surface area contributed by atoms with E-state index in [1.165, 1.54) is 6.07 Å². The smallest absolute Gasteiger partial charge is 0.326 e. The summed E-state index contributed by atoms with van der Waals surface area (Å²) in [7, 11) is 0. The SMILES string of the molecule is Cc1cccc(NC(CC(C)C)C(=O)O)c1[N+](=O)[O-]. The second-order valence-corrected chi connectivity index (χ2v) is 4.89. The number of para-hydroxylation sites is 1. The molecule has 6 nitrogen and oxygen atoms in total. The van der Waals surface area contributed by atoms with Gasteiger partial charge in [0, 0.05) is 5.56 Å². The third kappa shape index (κ3) is 3.94. The number of rotatable bonds is 6. The third-order valence-corrected chi connectivity index (χ3v) is 2.76. The Morgan fingerprint density at radius 1 is 1.47 bits per heavy atom. The van der Waals surface area contributed by atoms with Gasteiger partial charge in [0.25, 0.3) is 5.69 Å².